The molecule has 0 saturated carbocycles. The van der Waals surface area contributed by atoms with E-state index in [1.165, 1.54) is 6.92 Å². The zero-order chi connectivity index (χ0) is 19.9. The van der Waals surface area contributed by atoms with Crippen LogP contribution in [0.4, 0.5) is 0 Å². The van der Waals surface area contributed by atoms with Crippen LogP contribution in [0, 0.1) is 5.92 Å². The lowest BCUT2D eigenvalue weighted by atomic mass is 9.88. The summed E-state index contributed by atoms with van der Waals surface area (Å²) >= 11 is 0. The van der Waals surface area contributed by atoms with Crippen molar-refractivity contribution in [2.24, 2.45) is 5.92 Å². The van der Waals surface area contributed by atoms with E-state index in [9.17, 15) is 4.79 Å². The summed E-state index contributed by atoms with van der Waals surface area (Å²) in [6, 6.07) is 0. The summed E-state index contributed by atoms with van der Waals surface area (Å²) < 4.78 is 23.5. The van der Waals surface area contributed by atoms with E-state index in [0.29, 0.717) is 25.7 Å². The Kier molecular flexibility index (Phi) is 8.32. The van der Waals surface area contributed by atoms with Crippen molar-refractivity contribution in [3.63, 3.8) is 0 Å². The highest BCUT2D eigenvalue weighted by molar-refractivity contribution is 5.66. The Labute approximate surface area is 164 Å². The second kappa shape index (κ2) is 10.0. The molecule has 0 radical (unpaired) electrons. The van der Waals surface area contributed by atoms with Crippen molar-refractivity contribution in [2.75, 3.05) is 19.8 Å². The van der Waals surface area contributed by atoms with E-state index in [1.54, 1.807) is 0 Å². The van der Waals surface area contributed by atoms with E-state index in [2.05, 4.69) is 20.4 Å². The molecular weight excluding hydrogens is 344 g/mol. The molecule has 0 aromatic carbocycles. The maximum atomic E-state index is 11.4. The molecule has 0 bridgehead atoms. The molecule has 5 heteroatoms. The van der Waals surface area contributed by atoms with Crippen LogP contribution < -0.4 is 0 Å². The minimum Gasteiger partial charge on any atom is -0.462 e. The quantitative estimate of drug-likeness (QED) is 0.424. The monoisotopic (exact) mass is 382 g/mol. The van der Waals surface area contributed by atoms with Gasteiger partial charge in [0.25, 0.3) is 0 Å². The van der Waals surface area contributed by atoms with Gasteiger partial charge >= 0.3 is 5.97 Å². The molecule has 27 heavy (non-hydrogen) atoms. The highest BCUT2D eigenvalue weighted by Gasteiger charge is 2.42. The number of esters is 1. The Balaban J connectivity index is 1.80. The van der Waals surface area contributed by atoms with Gasteiger partial charge in [0.15, 0.2) is 5.79 Å². The number of allylic oxidation sites excluding steroid dienone is 1. The van der Waals surface area contributed by atoms with Gasteiger partial charge < -0.3 is 18.9 Å². The van der Waals surface area contributed by atoms with E-state index >= 15 is 0 Å². The first-order valence-electron chi connectivity index (χ1n) is 10.5. The van der Waals surface area contributed by atoms with Gasteiger partial charge in [-0.15, -0.1) is 6.58 Å². The predicted molar refractivity (Wildman–Crippen MR) is 105 cm³/mol. The van der Waals surface area contributed by atoms with Gasteiger partial charge in [0.1, 0.15) is 12.7 Å². The van der Waals surface area contributed by atoms with Gasteiger partial charge in [0.2, 0.25) is 0 Å². The van der Waals surface area contributed by atoms with Crippen LogP contribution in [0.3, 0.4) is 0 Å². The number of carbonyl (C=O) groups is 1. The van der Waals surface area contributed by atoms with Gasteiger partial charge in [-0.2, -0.15) is 0 Å². The van der Waals surface area contributed by atoms with Crippen molar-refractivity contribution in [3.8, 4) is 0 Å². The van der Waals surface area contributed by atoms with Crippen molar-refractivity contribution in [3.05, 3.63) is 12.2 Å². The molecule has 2 saturated heterocycles. The number of hydrogen-bond acceptors (Lipinski definition) is 5. The normalized spacial score (nSPS) is 27.1. The van der Waals surface area contributed by atoms with Crippen molar-refractivity contribution in [1.82, 2.24) is 0 Å². The fourth-order valence-corrected chi connectivity index (χ4v) is 4.13. The molecule has 5 nitrogen and oxygen atoms in total. The topological polar surface area (TPSA) is 54.0 Å². The highest BCUT2D eigenvalue weighted by Crippen LogP contribution is 2.37. The smallest absolute Gasteiger partial charge is 0.302 e. The minimum atomic E-state index is -0.506. The summed E-state index contributed by atoms with van der Waals surface area (Å²) in [6.45, 7) is 13.7. The number of ether oxygens (including phenoxy) is 4. The second-order valence-electron chi connectivity index (χ2n) is 8.71. The summed E-state index contributed by atoms with van der Waals surface area (Å²) in [6.07, 6.45) is 7.77. The molecule has 2 fully saturated rings. The summed E-state index contributed by atoms with van der Waals surface area (Å²) in [5.41, 5.74) is 0.997. The first-order valence-corrected chi connectivity index (χ1v) is 10.5. The van der Waals surface area contributed by atoms with E-state index in [-0.39, 0.29) is 17.7 Å². The first-order chi connectivity index (χ1) is 12.7. The lowest BCUT2D eigenvalue weighted by molar-refractivity contribution is -0.208. The predicted octanol–water partition coefficient (Wildman–Crippen LogP) is 4.78. The Morgan fingerprint density at radius 3 is 2.48 bits per heavy atom. The van der Waals surface area contributed by atoms with Crippen molar-refractivity contribution in [2.45, 2.75) is 96.6 Å². The molecule has 2 aliphatic heterocycles. The number of carbonyl (C=O) groups excluding carboxylic acids is 1. The fourth-order valence-electron chi connectivity index (χ4n) is 4.13. The van der Waals surface area contributed by atoms with Crippen LogP contribution in [0.2, 0.25) is 0 Å². The van der Waals surface area contributed by atoms with Crippen molar-refractivity contribution >= 4 is 5.97 Å². The molecule has 156 valence electrons. The average molecular weight is 383 g/mol. The summed E-state index contributed by atoms with van der Waals surface area (Å²) in [5, 5.41) is 0. The second-order valence-corrected chi connectivity index (χ2v) is 8.71. The van der Waals surface area contributed by atoms with Crippen molar-refractivity contribution in [1.29, 1.82) is 0 Å². The van der Waals surface area contributed by atoms with Crippen LogP contribution in [-0.4, -0.2) is 43.3 Å². The number of hydrogen-bond donors (Lipinski definition) is 0. The van der Waals surface area contributed by atoms with Crippen LogP contribution in [0.15, 0.2) is 12.2 Å². The molecule has 0 N–H and O–H groups in total. The number of rotatable bonds is 9. The molecule has 1 spiro atoms. The molecule has 0 aromatic heterocycles. The maximum Gasteiger partial charge on any atom is 0.302 e. The summed E-state index contributed by atoms with van der Waals surface area (Å²) in [5.74, 6) is -0.376. The minimum absolute atomic E-state index is 0.0365. The Morgan fingerprint density at radius 2 is 1.85 bits per heavy atom. The lowest BCUT2D eigenvalue weighted by Crippen LogP contribution is -2.37. The Bertz CT molecular complexity index is 497. The van der Waals surface area contributed by atoms with Crippen LogP contribution >= 0.6 is 0 Å². The van der Waals surface area contributed by atoms with Crippen LogP contribution in [0.5, 0.6) is 0 Å². The highest BCUT2D eigenvalue weighted by atomic mass is 16.8. The Hall–Kier alpha value is -0.910. The summed E-state index contributed by atoms with van der Waals surface area (Å²) in [4.78, 5) is 11.4. The van der Waals surface area contributed by atoms with Gasteiger partial charge in [-0.1, -0.05) is 18.9 Å². The van der Waals surface area contributed by atoms with Crippen LogP contribution in [-0.2, 0) is 23.7 Å². The molecule has 2 rings (SSSR count). The molecule has 0 aliphatic carbocycles. The summed E-state index contributed by atoms with van der Waals surface area (Å²) in [7, 11) is 0. The van der Waals surface area contributed by atoms with E-state index in [0.717, 1.165) is 56.9 Å². The van der Waals surface area contributed by atoms with E-state index in [1.807, 2.05) is 6.92 Å². The lowest BCUT2D eigenvalue weighted by Gasteiger charge is -2.31. The zero-order valence-electron chi connectivity index (χ0n) is 17.7. The molecular formula is C22H38O5. The molecule has 2 heterocycles. The maximum absolute atomic E-state index is 11.4. The van der Waals surface area contributed by atoms with Gasteiger partial charge in [0.05, 0.1) is 18.8 Å². The molecule has 0 aromatic rings. The third-order valence-corrected chi connectivity index (χ3v) is 5.89. The molecule has 3 atom stereocenters. The van der Waals surface area contributed by atoms with Gasteiger partial charge in [-0.3, -0.25) is 4.79 Å². The van der Waals surface area contributed by atoms with Crippen molar-refractivity contribution < 1.29 is 23.7 Å². The molecule has 3 unspecified atom stereocenters. The molecule has 0 amide bonds. The van der Waals surface area contributed by atoms with Crippen LogP contribution in [0.1, 0.15) is 79.1 Å². The largest absolute Gasteiger partial charge is 0.462 e. The average Bonchev–Trinajstić information content (AvgIpc) is 2.98. The Morgan fingerprint density at radius 1 is 1.15 bits per heavy atom. The molecule has 2 aliphatic rings. The first kappa shape index (κ1) is 22.4. The fraction of sp³-hybridized carbons (Fsp3) is 0.864. The standard InChI is InChI=1S/C22H38O5/c1-17(2)9-10-20(27-19(4)23)18(3)8-6-11-21(5)12-7-13-22(16-26-21)24-14-15-25-22/h18,20H,1,6-16H2,2-5H3. The van der Waals surface area contributed by atoms with Gasteiger partial charge in [-0.05, 0) is 58.3 Å². The SMILES string of the molecule is C=C(C)CCC(OC(C)=O)C(C)CCCC1(C)CCCC2(CO1)OCCO2. The van der Waals surface area contributed by atoms with Gasteiger partial charge in [-0.25, -0.2) is 0 Å². The van der Waals surface area contributed by atoms with Gasteiger partial charge in [0, 0.05) is 13.3 Å². The third-order valence-electron chi connectivity index (χ3n) is 5.89. The van der Waals surface area contributed by atoms with E-state index < -0.39 is 5.79 Å². The third kappa shape index (κ3) is 7.20. The van der Waals surface area contributed by atoms with E-state index in [4.69, 9.17) is 18.9 Å². The zero-order valence-corrected chi connectivity index (χ0v) is 17.7. The van der Waals surface area contributed by atoms with Crippen LogP contribution in [0.25, 0.3) is 0 Å².